The van der Waals surface area contributed by atoms with Crippen molar-refractivity contribution in [1.82, 2.24) is 0 Å². The second kappa shape index (κ2) is 14.8. The Morgan fingerprint density at radius 2 is 0.432 bits per heavy atom. The van der Waals surface area contributed by atoms with Crippen LogP contribution < -0.4 is 0 Å². The van der Waals surface area contributed by atoms with Crippen LogP contribution in [0, 0.1) is 0 Å². The Labute approximate surface area is 242 Å². The maximum Gasteiger partial charge on any atom is -0.0175 e. The molecule has 0 heterocycles. The summed E-state index contributed by atoms with van der Waals surface area (Å²) >= 11 is 0. The van der Waals surface area contributed by atoms with Gasteiger partial charge < -0.3 is 0 Å². The van der Waals surface area contributed by atoms with Crippen molar-refractivity contribution in [1.29, 1.82) is 0 Å². The van der Waals surface area contributed by atoms with E-state index in [1.54, 1.807) is 0 Å². The van der Waals surface area contributed by atoms with E-state index >= 15 is 0 Å². The van der Waals surface area contributed by atoms with E-state index in [9.17, 15) is 0 Å². The fourth-order valence-electron chi connectivity index (χ4n) is 6.72. The van der Waals surface area contributed by atoms with Gasteiger partial charge in [-0.2, -0.15) is 0 Å². The molecular weight excluding hydrogens is 520 g/mol. The third-order valence-corrected chi connectivity index (χ3v) is 22.3. The van der Waals surface area contributed by atoms with Gasteiger partial charge in [0.1, 0.15) is 0 Å². The van der Waals surface area contributed by atoms with Crippen LogP contribution in [-0.2, 0) is 0 Å². The van der Waals surface area contributed by atoms with E-state index in [2.05, 4.69) is 125 Å². The van der Waals surface area contributed by atoms with Crippen LogP contribution >= 0.6 is 31.7 Å². The summed E-state index contributed by atoms with van der Waals surface area (Å²) in [5.74, 6) is 0. The monoisotopic (exact) mass is 592 g/mol. The Hall–Kier alpha value is 1.72. The van der Waals surface area contributed by atoms with Crippen LogP contribution in [0.4, 0.5) is 0 Å². The summed E-state index contributed by atoms with van der Waals surface area (Å²) in [6, 6.07) is 0. The molecule has 0 aliphatic heterocycles. The minimum Gasteiger partial charge on any atom is -0.107 e. The summed E-state index contributed by atoms with van der Waals surface area (Å²) in [6.45, 7) is 44.9. The highest BCUT2D eigenvalue weighted by molar-refractivity contribution is 7.62. The van der Waals surface area contributed by atoms with E-state index in [0.29, 0.717) is 30.9 Å². The molecule has 0 aliphatic rings. The number of hydrogen-bond acceptors (Lipinski definition) is 0. The lowest BCUT2D eigenvalue weighted by Gasteiger charge is -2.42. The Bertz CT molecular complexity index is 494. The second-order valence-corrected chi connectivity index (χ2v) is 32.0. The summed E-state index contributed by atoms with van der Waals surface area (Å²) in [7, 11) is 0.269. The molecule has 0 aromatic rings. The van der Waals surface area contributed by atoms with Crippen molar-refractivity contribution in [2.75, 3.05) is 37.0 Å². The van der Waals surface area contributed by atoms with Gasteiger partial charge in [-0.1, -0.05) is 148 Å². The minimum absolute atomic E-state index is 0.0352. The molecule has 37 heavy (non-hydrogen) atoms. The quantitative estimate of drug-likeness (QED) is 0.198. The predicted molar refractivity (Wildman–Crippen MR) is 189 cm³/mol. The Morgan fingerprint density at radius 1 is 0.270 bits per heavy atom. The molecule has 0 saturated heterocycles. The maximum absolute atomic E-state index is 2.50. The molecular formula is C33H72P4. The smallest absolute Gasteiger partial charge is 0.0175 e. The molecule has 0 aromatic carbocycles. The van der Waals surface area contributed by atoms with E-state index in [4.69, 9.17) is 0 Å². The zero-order valence-electron chi connectivity index (χ0n) is 29.2. The predicted octanol–water partition coefficient (Wildman–Crippen LogP) is 12.9. The van der Waals surface area contributed by atoms with Crippen molar-refractivity contribution < 1.29 is 0 Å². The SMILES string of the molecule is CC(C)(C)P(CCCP(CCCP(C(C)(C)C)C(C)(C)C)CCCP(C(C)(C)C)C(C)(C)C)C(C)(C)C. The lowest BCUT2D eigenvalue weighted by atomic mass is 10.2. The first-order valence-electron chi connectivity index (χ1n) is 15.2. The first-order chi connectivity index (χ1) is 16.2. The van der Waals surface area contributed by atoms with Gasteiger partial charge in [-0.25, -0.2) is 0 Å². The molecule has 0 saturated carbocycles. The Balaban J connectivity index is 5.42. The van der Waals surface area contributed by atoms with Gasteiger partial charge in [-0.3, -0.25) is 0 Å². The molecule has 0 bridgehead atoms. The average molecular weight is 593 g/mol. The van der Waals surface area contributed by atoms with Gasteiger partial charge in [0.05, 0.1) is 0 Å². The summed E-state index contributed by atoms with van der Waals surface area (Å²) < 4.78 is 0. The summed E-state index contributed by atoms with van der Waals surface area (Å²) in [4.78, 5) is 0. The van der Waals surface area contributed by atoms with Crippen LogP contribution in [0.25, 0.3) is 0 Å². The highest BCUT2D eigenvalue weighted by Gasteiger charge is 2.36. The molecule has 0 radical (unpaired) electrons. The fraction of sp³-hybridized carbons (Fsp3) is 1.00. The third-order valence-electron chi connectivity index (χ3n) is 7.43. The van der Waals surface area contributed by atoms with Crippen molar-refractivity contribution in [2.45, 2.75) is 175 Å². The van der Waals surface area contributed by atoms with Crippen molar-refractivity contribution in [3.05, 3.63) is 0 Å². The molecule has 224 valence electrons. The lowest BCUT2D eigenvalue weighted by Crippen LogP contribution is -2.27. The number of hydrogen-bond donors (Lipinski definition) is 0. The maximum atomic E-state index is 2.50. The first-order valence-corrected chi connectivity index (χ1v) is 21.7. The molecule has 0 nitrogen and oxygen atoms in total. The summed E-state index contributed by atoms with van der Waals surface area (Å²) in [6.07, 6.45) is 13.4. The molecule has 0 aliphatic carbocycles. The molecule has 4 heteroatoms. The standard InChI is InChI=1S/C33H72P4/c1-28(2,3)35(29(4,5)6)25-19-22-34(23-20-26-36(30(7,8)9)31(10,11)12)24-21-27-37(32(13,14)15)33(16,17)18/h19-27H2,1-18H3. The molecule has 0 amide bonds. The first kappa shape index (κ1) is 38.7. The minimum atomic E-state index is 0.0352. The second-order valence-electron chi connectivity index (χ2n) is 17.4. The molecule has 0 unspecified atom stereocenters. The largest absolute Gasteiger partial charge is 0.107 e. The Kier molecular flexibility index (Phi) is 15.4. The highest BCUT2D eigenvalue weighted by Crippen LogP contribution is 2.62. The van der Waals surface area contributed by atoms with E-state index in [0.717, 1.165) is 0 Å². The molecule has 0 atom stereocenters. The number of rotatable bonds is 12. The van der Waals surface area contributed by atoms with Gasteiger partial charge in [0.2, 0.25) is 0 Å². The van der Waals surface area contributed by atoms with Gasteiger partial charge in [0, 0.05) is 0 Å². The normalized spacial score (nSPS) is 15.1. The molecule has 0 aromatic heterocycles. The highest BCUT2D eigenvalue weighted by atomic mass is 31.1. The molecule has 0 N–H and O–H groups in total. The third kappa shape index (κ3) is 15.5. The van der Waals surface area contributed by atoms with Crippen molar-refractivity contribution in [2.24, 2.45) is 0 Å². The van der Waals surface area contributed by atoms with Crippen molar-refractivity contribution in [3.8, 4) is 0 Å². The van der Waals surface area contributed by atoms with Crippen LogP contribution in [-0.4, -0.2) is 67.9 Å². The van der Waals surface area contributed by atoms with E-state index in [1.807, 2.05) is 0 Å². The Morgan fingerprint density at radius 3 is 0.568 bits per heavy atom. The van der Waals surface area contributed by atoms with Crippen LogP contribution in [0.2, 0.25) is 0 Å². The van der Waals surface area contributed by atoms with Gasteiger partial charge in [-0.15, -0.1) is 7.92 Å². The van der Waals surface area contributed by atoms with E-state index in [1.165, 1.54) is 56.2 Å². The fourth-order valence-corrected chi connectivity index (χ4v) is 21.4. The van der Waals surface area contributed by atoms with Gasteiger partial charge >= 0.3 is 0 Å². The summed E-state index contributed by atoms with van der Waals surface area (Å²) in [5.41, 5.74) is 0. The van der Waals surface area contributed by atoms with Crippen LogP contribution in [0.1, 0.15) is 144 Å². The van der Waals surface area contributed by atoms with Gasteiger partial charge in [0.15, 0.2) is 0 Å². The van der Waals surface area contributed by atoms with E-state index in [-0.39, 0.29) is 31.7 Å². The zero-order chi connectivity index (χ0) is 29.7. The zero-order valence-corrected chi connectivity index (χ0v) is 32.7. The average Bonchev–Trinajstić information content (AvgIpc) is 2.58. The molecule has 0 fully saturated rings. The van der Waals surface area contributed by atoms with Crippen molar-refractivity contribution >= 4 is 31.7 Å². The van der Waals surface area contributed by atoms with Crippen LogP contribution in [0.5, 0.6) is 0 Å². The van der Waals surface area contributed by atoms with Gasteiger partial charge in [-0.05, 0) is 87.2 Å². The van der Waals surface area contributed by atoms with Gasteiger partial charge in [0.25, 0.3) is 0 Å². The van der Waals surface area contributed by atoms with Crippen LogP contribution in [0.15, 0.2) is 0 Å². The molecule has 0 rings (SSSR count). The topological polar surface area (TPSA) is 0 Å². The summed E-state index contributed by atoms with van der Waals surface area (Å²) in [5, 5.41) is 2.76. The molecule has 0 spiro atoms. The van der Waals surface area contributed by atoms with E-state index < -0.39 is 0 Å². The van der Waals surface area contributed by atoms with Crippen molar-refractivity contribution in [3.63, 3.8) is 0 Å². The van der Waals surface area contributed by atoms with Crippen LogP contribution in [0.3, 0.4) is 0 Å². The lowest BCUT2D eigenvalue weighted by molar-refractivity contribution is 0.701.